The van der Waals surface area contributed by atoms with Crippen LogP contribution < -0.4 is 15.1 Å². The first-order chi connectivity index (χ1) is 17.8. The van der Waals surface area contributed by atoms with Crippen molar-refractivity contribution in [1.82, 2.24) is 4.72 Å². The van der Waals surface area contributed by atoms with Gasteiger partial charge in [0.1, 0.15) is 17.4 Å². The van der Waals surface area contributed by atoms with E-state index >= 15 is 0 Å². The fourth-order valence-electron chi connectivity index (χ4n) is 4.67. The normalized spacial score (nSPS) is 14.2. The van der Waals surface area contributed by atoms with Crippen LogP contribution >= 0.6 is 0 Å². The van der Waals surface area contributed by atoms with Gasteiger partial charge in [0.25, 0.3) is 0 Å². The summed E-state index contributed by atoms with van der Waals surface area (Å²) >= 11 is 0. The molecule has 7 nitrogen and oxygen atoms in total. The molecule has 0 aliphatic heterocycles. The highest BCUT2D eigenvalue weighted by Crippen LogP contribution is 2.29. The maximum atomic E-state index is 13.3. The van der Waals surface area contributed by atoms with Crippen LogP contribution in [-0.4, -0.2) is 20.4 Å². The maximum absolute atomic E-state index is 13.3. The molecule has 1 atom stereocenters. The number of hydrogen-bond donors (Lipinski definition) is 1. The zero-order chi connectivity index (χ0) is 26.0. The number of carbonyl (C=O) groups is 1. The van der Waals surface area contributed by atoms with E-state index in [4.69, 9.17) is 9.15 Å². The summed E-state index contributed by atoms with van der Waals surface area (Å²) in [7, 11) is -3.99. The molecular weight excluding hydrogens is 490 g/mol. The monoisotopic (exact) mass is 517 g/mol. The minimum atomic E-state index is -3.99. The predicted octanol–water partition coefficient (Wildman–Crippen LogP) is 4.48. The standard InChI is InChI=1S/C29H27NO6S/c1-19-11-14-22(15-12-19)37(33,34)30-26(17-20-7-3-2-4-8-20)29(32)35-21-13-16-24-23-9-5-6-10-25(23)28(31)36-27(24)18-21/h2-4,7-8,11-16,18,26,30H,5-6,9-10,17H2,1H3. The molecule has 37 heavy (non-hydrogen) atoms. The molecule has 8 heteroatoms. The molecule has 1 heterocycles. The number of fused-ring (bicyclic) bond motifs is 3. The first-order valence-electron chi connectivity index (χ1n) is 12.2. The Balaban J connectivity index is 1.43. The zero-order valence-corrected chi connectivity index (χ0v) is 21.2. The minimum Gasteiger partial charge on any atom is -0.425 e. The van der Waals surface area contributed by atoms with Gasteiger partial charge in [0.05, 0.1) is 4.90 Å². The van der Waals surface area contributed by atoms with Gasteiger partial charge in [-0.15, -0.1) is 0 Å². The quantitative estimate of drug-likeness (QED) is 0.220. The summed E-state index contributed by atoms with van der Waals surface area (Å²) in [5, 5.41) is 0.829. The Morgan fingerprint density at radius 3 is 2.41 bits per heavy atom. The highest BCUT2D eigenvalue weighted by Gasteiger charge is 2.28. The van der Waals surface area contributed by atoms with Gasteiger partial charge >= 0.3 is 11.6 Å². The van der Waals surface area contributed by atoms with Crippen molar-refractivity contribution in [3.63, 3.8) is 0 Å². The zero-order valence-electron chi connectivity index (χ0n) is 20.4. The third-order valence-corrected chi connectivity index (χ3v) is 8.10. The molecule has 5 rings (SSSR count). The Kier molecular flexibility index (Phi) is 6.95. The number of rotatable bonds is 7. The smallest absolute Gasteiger partial charge is 0.339 e. The number of benzene rings is 3. The molecular formula is C29H27NO6S. The SMILES string of the molecule is Cc1ccc(S(=O)(=O)NC(Cc2ccccc2)C(=O)Oc2ccc3c4c(c(=O)oc3c2)CCCC4)cc1. The van der Waals surface area contributed by atoms with E-state index in [2.05, 4.69) is 4.72 Å². The Labute approximate surface area is 215 Å². The van der Waals surface area contributed by atoms with Crippen LogP contribution in [0.25, 0.3) is 11.0 Å². The van der Waals surface area contributed by atoms with Crippen molar-refractivity contribution < 1.29 is 22.4 Å². The second kappa shape index (κ2) is 10.3. The average molecular weight is 518 g/mol. The van der Waals surface area contributed by atoms with Crippen molar-refractivity contribution >= 4 is 27.0 Å². The van der Waals surface area contributed by atoms with Gasteiger partial charge in [-0.3, -0.25) is 0 Å². The van der Waals surface area contributed by atoms with Crippen LogP contribution in [0.15, 0.2) is 86.9 Å². The van der Waals surface area contributed by atoms with Crippen LogP contribution in [0.3, 0.4) is 0 Å². The molecule has 0 saturated carbocycles. The van der Waals surface area contributed by atoms with Gasteiger partial charge < -0.3 is 9.15 Å². The Bertz CT molecular complexity index is 1610. The van der Waals surface area contributed by atoms with E-state index in [9.17, 15) is 18.0 Å². The molecule has 190 valence electrons. The van der Waals surface area contributed by atoms with E-state index in [0.717, 1.165) is 46.9 Å². The Hall–Kier alpha value is -3.75. The van der Waals surface area contributed by atoms with Gasteiger partial charge in [-0.05, 0) is 74.4 Å². The summed E-state index contributed by atoms with van der Waals surface area (Å²) < 4.78 is 39.8. The first kappa shape index (κ1) is 24.9. The number of ether oxygens (including phenoxy) is 1. The number of sulfonamides is 1. The van der Waals surface area contributed by atoms with Crippen molar-refractivity contribution in [2.45, 2.75) is 50.0 Å². The van der Waals surface area contributed by atoms with E-state index in [1.165, 1.54) is 18.2 Å². The van der Waals surface area contributed by atoms with Gasteiger partial charge in [0.2, 0.25) is 10.0 Å². The highest BCUT2D eigenvalue weighted by molar-refractivity contribution is 7.89. The molecule has 4 aromatic rings. The van der Waals surface area contributed by atoms with Gasteiger partial charge in [0, 0.05) is 17.0 Å². The summed E-state index contributed by atoms with van der Waals surface area (Å²) in [6.07, 6.45) is 3.56. The largest absolute Gasteiger partial charge is 0.425 e. The van der Waals surface area contributed by atoms with Gasteiger partial charge in [0.15, 0.2) is 0 Å². The molecule has 1 N–H and O–H groups in total. The molecule has 1 aliphatic rings. The van der Waals surface area contributed by atoms with E-state index in [-0.39, 0.29) is 22.7 Å². The van der Waals surface area contributed by atoms with Crippen molar-refractivity contribution in [3.05, 3.63) is 105 Å². The molecule has 0 bridgehead atoms. The van der Waals surface area contributed by atoms with Crippen LogP contribution in [0.4, 0.5) is 0 Å². The maximum Gasteiger partial charge on any atom is 0.339 e. The minimum absolute atomic E-state index is 0.0567. The molecule has 0 spiro atoms. The molecule has 3 aromatic carbocycles. The Morgan fingerprint density at radius 2 is 1.68 bits per heavy atom. The van der Waals surface area contributed by atoms with Crippen LogP contribution in [0.2, 0.25) is 0 Å². The molecule has 1 aliphatic carbocycles. The van der Waals surface area contributed by atoms with E-state index in [1.807, 2.05) is 37.3 Å². The molecule has 1 unspecified atom stereocenters. The predicted molar refractivity (Wildman–Crippen MR) is 140 cm³/mol. The second-order valence-electron chi connectivity index (χ2n) is 9.31. The fourth-order valence-corrected chi connectivity index (χ4v) is 5.86. The molecule has 0 saturated heterocycles. The summed E-state index contributed by atoms with van der Waals surface area (Å²) in [6.45, 7) is 1.86. The average Bonchev–Trinajstić information content (AvgIpc) is 2.89. The number of carbonyl (C=O) groups excluding carboxylic acids is 1. The first-order valence-corrected chi connectivity index (χ1v) is 13.7. The van der Waals surface area contributed by atoms with E-state index in [1.54, 1.807) is 24.3 Å². The molecule has 0 radical (unpaired) electrons. The lowest BCUT2D eigenvalue weighted by Gasteiger charge is -2.19. The number of esters is 1. The third-order valence-electron chi connectivity index (χ3n) is 6.61. The van der Waals surface area contributed by atoms with Gasteiger partial charge in [-0.25, -0.2) is 18.0 Å². The van der Waals surface area contributed by atoms with E-state index < -0.39 is 22.0 Å². The fraction of sp³-hybridized carbons (Fsp3) is 0.241. The lowest BCUT2D eigenvalue weighted by molar-refractivity contribution is -0.136. The highest BCUT2D eigenvalue weighted by atomic mass is 32.2. The topological polar surface area (TPSA) is 103 Å². The van der Waals surface area contributed by atoms with Gasteiger partial charge in [-0.1, -0.05) is 48.0 Å². The van der Waals surface area contributed by atoms with E-state index in [0.29, 0.717) is 12.0 Å². The lowest BCUT2D eigenvalue weighted by atomic mass is 9.91. The molecule has 0 amide bonds. The summed E-state index contributed by atoms with van der Waals surface area (Å²) in [4.78, 5) is 25.8. The second-order valence-corrected chi connectivity index (χ2v) is 11.0. The molecule has 1 aromatic heterocycles. The number of hydrogen-bond acceptors (Lipinski definition) is 6. The van der Waals surface area contributed by atoms with Crippen molar-refractivity contribution in [2.24, 2.45) is 0 Å². The van der Waals surface area contributed by atoms with Crippen LogP contribution in [0.1, 0.15) is 35.1 Å². The van der Waals surface area contributed by atoms with Crippen molar-refractivity contribution in [1.29, 1.82) is 0 Å². The Morgan fingerprint density at radius 1 is 0.973 bits per heavy atom. The summed E-state index contributed by atoms with van der Waals surface area (Å²) in [5.41, 5.74) is 3.38. The summed E-state index contributed by atoms with van der Waals surface area (Å²) in [6, 6.07) is 19.2. The van der Waals surface area contributed by atoms with Crippen molar-refractivity contribution in [3.8, 4) is 5.75 Å². The number of nitrogens with one attached hydrogen (secondary N) is 1. The molecule has 0 fully saturated rings. The van der Waals surface area contributed by atoms with Crippen LogP contribution in [-0.2, 0) is 34.1 Å². The van der Waals surface area contributed by atoms with Crippen molar-refractivity contribution in [2.75, 3.05) is 0 Å². The van der Waals surface area contributed by atoms with Crippen LogP contribution in [0, 0.1) is 6.92 Å². The number of aryl methyl sites for hydroxylation is 2. The lowest BCUT2D eigenvalue weighted by Crippen LogP contribution is -2.44. The van der Waals surface area contributed by atoms with Gasteiger partial charge in [-0.2, -0.15) is 4.72 Å². The third kappa shape index (κ3) is 5.50. The summed E-state index contributed by atoms with van der Waals surface area (Å²) in [5.74, 6) is -0.594. The van der Waals surface area contributed by atoms with Crippen LogP contribution in [0.5, 0.6) is 5.75 Å².